The van der Waals surface area contributed by atoms with Crippen molar-refractivity contribution in [3.63, 3.8) is 0 Å². The van der Waals surface area contributed by atoms with E-state index in [-0.39, 0.29) is 12.2 Å². The van der Waals surface area contributed by atoms with Crippen molar-refractivity contribution >= 4 is 6.29 Å². The van der Waals surface area contributed by atoms with Crippen molar-refractivity contribution in [3.05, 3.63) is 35.9 Å². The van der Waals surface area contributed by atoms with Crippen LogP contribution in [-0.2, 0) is 25.6 Å². The highest BCUT2D eigenvalue weighted by molar-refractivity contribution is 5.50. The smallest absolute Gasteiger partial charge is 0.163 e. The summed E-state index contributed by atoms with van der Waals surface area (Å²) in [6, 6.07) is 9.95. The number of hydrogen-bond acceptors (Lipinski definition) is 4. The van der Waals surface area contributed by atoms with Crippen molar-refractivity contribution in [1.82, 2.24) is 0 Å². The summed E-state index contributed by atoms with van der Waals surface area (Å²) in [7, 11) is 0. The minimum Gasteiger partial charge on any atom is -0.374 e. The number of aldehydes is 1. The molecule has 4 nitrogen and oxygen atoms in total. The number of carbonyl (C=O) groups is 1. The second-order valence-electron chi connectivity index (χ2n) is 5.12. The number of rotatable bonds is 6. The van der Waals surface area contributed by atoms with Crippen LogP contribution in [0.2, 0.25) is 0 Å². The fraction of sp³-hybridized carbons (Fsp3) is 0.533. The molecule has 2 atom stereocenters. The third kappa shape index (κ3) is 4.13. The zero-order chi connectivity index (χ0) is 13.7. The summed E-state index contributed by atoms with van der Waals surface area (Å²) in [5, 5.41) is 0. The van der Waals surface area contributed by atoms with Crippen LogP contribution in [-0.4, -0.2) is 30.9 Å². The summed E-state index contributed by atoms with van der Waals surface area (Å²) in [6.45, 7) is 4.66. The van der Waals surface area contributed by atoms with E-state index in [1.165, 1.54) is 0 Å². The fourth-order valence-electron chi connectivity index (χ4n) is 2.21. The average molecular weight is 264 g/mol. The lowest BCUT2D eigenvalue weighted by molar-refractivity contribution is -0.151. The Kier molecular flexibility index (Phi) is 4.69. The minimum atomic E-state index is -0.644. The fourth-order valence-corrected chi connectivity index (χ4v) is 2.21. The summed E-state index contributed by atoms with van der Waals surface area (Å²) in [6.07, 6.45) is 0.787. The summed E-state index contributed by atoms with van der Waals surface area (Å²) in [5.74, 6) is -0.644. The van der Waals surface area contributed by atoms with Gasteiger partial charge in [0.05, 0.1) is 19.3 Å². The van der Waals surface area contributed by atoms with Gasteiger partial charge in [0.25, 0.3) is 0 Å². The first-order chi connectivity index (χ1) is 9.11. The lowest BCUT2D eigenvalue weighted by Gasteiger charge is -2.16. The van der Waals surface area contributed by atoms with Crippen LogP contribution < -0.4 is 0 Å². The molecule has 1 saturated heterocycles. The second kappa shape index (κ2) is 6.28. The molecule has 0 unspecified atom stereocenters. The van der Waals surface area contributed by atoms with E-state index in [1.807, 2.05) is 44.2 Å². The summed E-state index contributed by atoms with van der Waals surface area (Å²) in [5.41, 5.74) is 1.12. The van der Waals surface area contributed by atoms with Crippen LogP contribution >= 0.6 is 0 Å². The highest BCUT2D eigenvalue weighted by Gasteiger charge is 2.40. The third-order valence-corrected chi connectivity index (χ3v) is 3.01. The van der Waals surface area contributed by atoms with Crippen molar-refractivity contribution < 1.29 is 19.0 Å². The van der Waals surface area contributed by atoms with Gasteiger partial charge in [0.2, 0.25) is 0 Å². The van der Waals surface area contributed by atoms with Gasteiger partial charge in [0, 0.05) is 6.42 Å². The lowest BCUT2D eigenvalue weighted by atomic mass is 10.1. The molecule has 0 amide bonds. The van der Waals surface area contributed by atoms with Crippen LogP contribution in [0.5, 0.6) is 0 Å². The van der Waals surface area contributed by atoms with Gasteiger partial charge in [0.15, 0.2) is 5.79 Å². The molecule has 0 bridgehead atoms. The Bertz CT molecular complexity index is 402. The van der Waals surface area contributed by atoms with Gasteiger partial charge in [-0.25, -0.2) is 0 Å². The Morgan fingerprint density at radius 2 is 1.89 bits per heavy atom. The van der Waals surface area contributed by atoms with E-state index in [1.54, 1.807) is 0 Å². The van der Waals surface area contributed by atoms with E-state index in [2.05, 4.69) is 0 Å². The van der Waals surface area contributed by atoms with Gasteiger partial charge in [-0.2, -0.15) is 0 Å². The molecule has 0 spiro atoms. The summed E-state index contributed by atoms with van der Waals surface area (Å²) in [4.78, 5) is 10.6. The van der Waals surface area contributed by atoms with Gasteiger partial charge in [0.1, 0.15) is 12.4 Å². The maximum Gasteiger partial charge on any atom is 0.163 e. The molecule has 0 radical (unpaired) electrons. The average Bonchev–Trinajstić information content (AvgIpc) is 2.66. The van der Waals surface area contributed by atoms with Crippen LogP contribution in [0.4, 0.5) is 0 Å². The highest BCUT2D eigenvalue weighted by atomic mass is 16.8. The molecular formula is C15H20O4. The van der Waals surface area contributed by atoms with Crippen LogP contribution in [0.1, 0.15) is 25.8 Å². The van der Waals surface area contributed by atoms with Gasteiger partial charge in [-0.05, 0) is 19.4 Å². The summed E-state index contributed by atoms with van der Waals surface area (Å²) < 4.78 is 17.1. The van der Waals surface area contributed by atoms with Crippen molar-refractivity contribution in [2.24, 2.45) is 0 Å². The second-order valence-corrected chi connectivity index (χ2v) is 5.12. The molecule has 4 heteroatoms. The maximum atomic E-state index is 10.6. The van der Waals surface area contributed by atoms with Gasteiger partial charge in [-0.15, -0.1) is 0 Å². The molecule has 1 heterocycles. The molecule has 0 aromatic heterocycles. The molecule has 1 aliphatic rings. The van der Waals surface area contributed by atoms with Crippen LogP contribution in [0.15, 0.2) is 30.3 Å². The number of hydrogen-bond donors (Lipinski definition) is 0. The van der Waals surface area contributed by atoms with Crippen molar-refractivity contribution in [2.45, 2.75) is 44.9 Å². The van der Waals surface area contributed by atoms with Gasteiger partial charge in [-0.1, -0.05) is 30.3 Å². The van der Waals surface area contributed by atoms with Crippen LogP contribution in [0.25, 0.3) is 0 Å². The highest BCUT2D eigenvalue weighted by Crippen LogP contribution is 2.29. The molecular weight excluding hydrogens is 244 g/mol. The molecule has 1 aromatic carbocycles. The molecule has 19 heavy (non-hydrogen) atoms. The third-order valence-electron chi connectivity index (χ3n) is 3.01. The molecule has 104 valence electrons. The molecule has 0 aliphatic carbocycles. The number of carbonyl (C=O) groups excluding carboxylic acids is 1. The van der Waals surface area contributed by atoms with E-state index in [0.29, 0.717) is 19.6 Å². The van der Waals surface area contributed by atoms with E-state index >= 15 is 0 Å². The quantitative estimate of drug-likeness (QED) is 0.740. The van der Waals surface area contributed by atoms with E-state index < -0.39 is 5.79 Å². The topological polar surface area (TPSA) is 44.8 Å². The zero-order valence-electron chi connectivity index (χ0n) is 11.4. The van der Waals surface area contributed by atoms with Crippen molar-refractivity contribution in [2.75, 3.05) is 6.61 Å². The monoisotopic (exact) mass is 264 g/mol. The molecule has 0 saturated carbocycles. The number of ether oxygens (including phenoxy) is 3. The Labute approximate surface area is 113 Å². The van der Waals surface area contributed by atoms with Crippen LogP contribution in [0.3, 0.4) is 0 Å². The van der Waals surface area contributed by atoms with Gasteiger partial charge >= 0.3 is 0 Å². The zero-order valence-corrected chi connectivity index (χ0v) is 11.4. The van der Waals surface area contributed by atoms with Crippen molar-refractivity contribution in [1.29, 1.82) is 0 Å². The molecule has 0 N–H and O–H groups in total. The first-order valence-corrected chi connectivity index (χ1v) is 6.52. The predicted octanol–water partition coefficient (Wildman–Crippen LogP) is 2.31. The maximum absolute atomic E-state index is 10.6. The largest absolute Gasteiger partial charge is 0.374 e. The normalized spacial score (nSPS) is 25.4. The predicted molar refractivity (Wildman–Crippen MR) is 70.6 cm³/mol. The first-order valence-electron chi connectivity index (χ1n) is 6.52. The molecule has 2 rings (SSSR count). The molecule has 1 aromatic rings. The SMILES string of the molecule is CC1(C)O[C@@H](CC=O)[C@H](COCc2ccccc2)O1. The van der Waals surface area contributed by atoms with Crippen LogP contribution in [0, 0.1) is 0 Å². The number of benzene rings is 1. The van der Waals surface area contributed by atoms with Crippen molar-refractivity contribution in [3.8, 4) is 0 Å². The Morgan fingerprint density at radius 1 is 1.21 bits per heavy atom. The Morgan fingerprint density at radius 3 is 2.58 bits per heavy atom. The Hall–Kier alpha value is -1.23. The first kappa shape index (κ1) is 14.2. The van der Waals surface area contributed by atoms with Gasteiger partial charge < -0.3 is 19.0 Å². The minimum absolute atomic E-state index is 0.191. The Balaban J connectivity index is 1.82. The van der Waals surface area contributed by atoms with Gasteiger partial charge in [-0.3, -0.25) is 0 Å². The molecule has 1 fully saturated rings. The molecule has 1 aliphatic heterocycles. The van der Waals surface area contributed by atoms with E-state index in [0.717, 1.165) is 11.8 Å². The van der Waals surface area contributed by atoms with E-state index in [4.69, 9.17) is 14.2 Å². The van der Waals surface area contributed by atoms with E-state index in [9.17, 15) is 4.79 Å². The summed E-state index contributed by atoms with van der Waals surface area (Å²) >= 11 is 0. The lowest BCUT2D eigenvalue weighted by Crippen LogP contribution is -2.28. The standard InChI is InChI=1S/C15H20O4/c1-15(2)18-13(8-9-16)14(19-15)11-17-10-12-6-4-3-5-7-12/h3-7,9,13-14H,8,10-11H2,1-2H3/t13-,14-/m0/s1.